The fourth-order valence-electron chi connectivity index (χ4n) is 3.55. The summed E-state index contributed by atoms with van der Waals surface area (Å²) >= 11 is 0. The zero-order chi connectivity index (χ0) is 19.2. The van der Waals surface area contributed by atoms with Gasteiger partial charge in [0.05, 0.1) is 6.04 Å². The van der Waals surface area contributed by atoms with Gasteiger partial charge < -0.3 is 10.6 Å². The summed E-state index contributed by atoms with van der Waals surface area (Å²) in [4.78, 5) is 24.9. The summed E-state index contributed by atoms with van der Waals surface area (Å²) in [5, 5.41) is 5.91. The molecule has 3 rings (SSSR count). The van der Waals surface area contributed by atoms with Crippen LogP contribution in [0.15, 0.2) is 54.6 Å². The van der Waals surface area contributed by atoms with Crippen molar-refractivity contribution >= 4 is 17.5 Å². The van der Waals surface area contributed by atoms with E-state index in [1.54, 1.807) is 12.1 Å². The van der Waals surface area contributed by atoms with Crippen molar-refractivity contribution in [3.8, 4) is 0 Å². The van der Waals surface area contributed by atoms with E-state index in [4.69, 9.17) is 0 Å². The van der Waals surface area contributed by atoms with Crippen LogP contribution in [0, 0.1) is 17.7 Å². The standard InChI is InChI=1S/C22H25FN2O2/c1-15(16-5-3-2-4-6-16)24-21(26)17-7-9-18(10-8-17)22(27)25-20-13-11-19(23)12-14-20/h2-6,11-15,17-18H,7-10H2,1H3,(H,24,26)(H,25,27). The quantitative estimate of drug-likeness (QED) is 0.819. The monoisotopic (exact) mass is 368 g/mol. The third-order valence-electron chi connectivity index (χ3n) is 5.24. The molecule has 1 aliphatic rings. The van der Waals surface area contributed by atoms with Crippen molar-refractivity contribution in [1.82, 2.24) is 5.32 Å². The van der Waals surface area contributed by atoms with Gasteiger partial charge in [-0.25, -0.2) is 4.39 Å². The second-order valence-electron chi connectivity index (χ2n) is 7.19. The van der Waals surface area contributed by atoms with Crippen molar-refractivity contribution in [1.29, 1.82) is 0 Å². The predicted octanol–water partition coefficient (Wildman–Crippen LogP) is 4.45. The number of hydrogen-bond donors (Lipinski definition) is 2. The van der Waals surface area contributed by atoms with E-state index in [2.05, 4.69) is 10.6 Å². The zero-order valence-corrected chi connectivity index (χ0v) is 15.5. The molecule has 142 valence electrons. The molecular weight excluding hydrogens is 343 g/mol. The van der Waals surface area contributed by atoms with E-state index < -0.39 is 0 Å². The van der Waals surface area contributed by atoms with Gasteiger partial charge in [-0.05, 0) is 62.4 Å². The third-order valence-corrected chi connectivity index (χ3v) is 5.24. The number of benzene rings is 2. The van der Waals surface area contributed by atoms with Gasteiger partial charge in [0, 0.05) is 17.5 Å². The summed E-state index contributed by atoms with van der Waals surface area (Å²) in [7, 11) is 0. The first-order valence-electron chi connectivity index (χ1n) is 9.44. The smallest absolute Gasteiger partial charge is 0.227 e. The number of hydrogen-bond acceptors (Lipinski definition) is 2. The molecule has 0 aliphatic heterocycles. The van der Waals surface area contributed by atoms with Gasteiger partial charge in [-0.1, -0.05) is 30.3 Å². The molecule has 4 nitrogen and oxygen atoms in total. The molecule has 1 saturated carbocycles. The van der Waals surface area contributed by atoms with E-state index in [9.17, 15) is 14.0 Å². The summed E-state index contributed by atoms with van der Waals surface area (Å²) in [5.41, 5.74) is 1.68. The first kappa shape index (κ1) is 19.1. The Kier molecular flexibility index (Phi) is 6.22. The number of anilines is 1. The molecule has 1 fully saturated rings. The third kappa shape index (κ3) is 5.16. The van der Waals surface area contributed by atoms with Crippen molar-refractivity contribution < 1.29 is 14.0 Å². The maximum absolute atomic E-state index is 12.9. The lowest BCUT2D eigenvalue weighted by Gasteiger charge is -2.28. The van der Waals surface area contributed by atoms with Gasteiger partial charge in [0.2, 0.25) is 11.8 Å². The Bertz CT molecular complexity index is 769. The lowest BCUT2D eigenvalue weighted by Crippen LogP contribution is -2.36. The highest BCUT2D eigenvalue weighted by molar-refractivity contribution is 5.92. The lowest BCUT2D eigenvalue weighted by atomic mass is 9.81. The molecule has 5 heteroatoms. The SMILES string of the molecule is CC(NC(=O)C1CCC(C(=O)Nc2ccc(F)cc2)CC1)c1ccccc1. The first-order chi connectivity index (χ1) is 13.0. The van der Waals surface area contributed by atoms with Crippen LogP contribution in [0.4, 0.5) is 10.1 Å². The lowest BCUT2D eigenvalue weighted by molar-refractivity contribution is -0.129. The highest BCUT2D eigenvalue weighted by atomic mass is 19.1. The number of halogens is 1. The number of carbonyl (C=O) groups excluding carboxylic acids is 2. The number of amides is 2. The van der Waals surface area contributed by atoms with Crippen LogP contribution in [-0.2, 0) is 9.59 Å². The Morgan fingerprint density at radius 2 is 1.44 bits per heavy atom. The van der Waals surface area contributed by atoms with Crippen molar-refractivity contribution in [3.63, 3.8) is 0 Å². The van der Waals surface area contributed by atoms with Gasteiger partial charge in [-0.3, -0.25) is 9.59 Å². The summed E-state index contributed by atoms with van der Waals surface area (Å²) in [6.45, 7) is 1.98. The Hall–Kier alpha value is -2.69. The van der Waals surface area contributed by atoms with Gasteiger partial charge in [0.15, 0.2) is 0 Å². The predicted molar refractivity (Wildman–Crippen MR) is 103 cm³/mol. The second kappa shape index (κ2) is 8.80. The molecule has 0 bridgehead atoms. The summed E-state index contributed by atoms with van der Waals surface area (Å²) < 4.78 is 12.9. The molecule has 1 atom stereocenters. The van der Waals surface area contributed by atoms with Gasteiger partial charge >= 0.3 is 0 Å². The summed E-state index contributed by atoms with van der Waals surface area (Å²) in [5.74, 6) is -0.484. The minimum atomic E-state index is -0.329. The Balaban J connectivity index is 1.47. The number of rotatable bonds is 5. The molecule has 2 N–H and O–H groups in total. The fraction of sp³-hybridized carbons (Fsp3) is 0.364. The van der Waals surface area contributed by atoms with Gasteiger partial charge in [-0.15, -0.1) is 0 Å². The molecule has 2 aromatic carbocycles. The molecule has 2 amide bonds. The maximum Gasteiger partial charge on any atom is 0.227 e. The fourth-order valence-corrected chi connectivity index (χ4v) is 3.55. The van der Waals surface area contributed by atoms with E-state index in [-0.39, 0.29) is 35.5 Å². The normalized spacial score (nSPS) is 20.5. The van der Waals surface area contributed by atoms with Crippen molar-refractivity contribution in [2.24, 2.45) is 11.8 Å². The van der Waals surface area contributed by atoms with Crippen molar-refractivity contribution in [3.05, 3.63) is 66.0 Å². The van der Waals surface area contributed by atoms with Crippen LogP contribution in [0.25, 0.3) is 0 Å². The largest absolute Gasteiger partial charge is 0.349 e. The minimum absolute atomic E-state index is 0.0294. The average Bonchev–Trinajstić information content (AvgIpc) is 2.70. The molecule has 1 unspecified atom stereocenters. The number of nitrogens with one attached hydrogen (secondary N) is 2. The minimum Gasteiger partial charge on any atom is -0.349 e. The summed E-state index contributed by atoms with van der Waals surface area (Å²) in [6.07, 6.45) is 2.78. The molecule has 0 aromatic heterocycles. The van der Waals surface area contributed by atoms with E-state index in [0.717, 1.165) is 5.56 Å². The first-order valence-corrected chi connectivity index (χ1v) is 9.44. The van der Waals surface area contributed by atoms with Gasteiger partial charge in [-0.2, -0.15) is 0 Å². The zero-order valence-electron chi connectivity index (χ0n) is 15.5. The Morgan fingerprint density at radius 1 is 0.889 bits per heavy atom. The Labute approximate surface area is 159 Å². The van der Waals surface area contributed by atoms with Crippen LogP contribution in [0.5, 0.6) is 0 Å². The molecule has 1 aliphatic carbocycles. The van der Waals surface area contributed by atoms with E-state index >= 15 is 0 Å². The second-order valence-corrected chi connectivity index (χ2v) is 7.19. The number of carbonyl (C=O) groups is 2. The topological polar surface area (TPSA) is 58.2 Å². The molecular formula is C22H25FN2O2. The van der Waals surface area contributed by atoms with Crippen molar-refractivity contribution in [2.75, 3.05) is 5.32 Å². The average molecular weight is 368 g/mol. The van der Waals surface area contributed by atoms with E-state index in [1.165, 1.54) is 12.1 Å². The molecule has 27 heavy (non-hydrogen) atoms. The van der Waals surface area contributed by atoms with Crippen LogP contribution >= 0.6 is 0 Å². The van der Waals surface area contributed by atoms with Gasteiger partial charge in [0.25, 0.3) is 0 Å². The van der Waals surface area contributed by atoms with Crippen LogP contribution in [0.3, 0.4) is 0 Å². The molecule has 0 radical (unpaired) electrons. The van der Waals surface area contributed by atoms with E-state index in [0.29, 0.717) is 31.4 Å². The molecule has 0 saturated heterocycles. The van der Waals surface area contributed by atoms with Crippen molar-refractivity contribution in [2.45, 2.75) is 38.6 Å². The Morgan fingerprint density at radius 3 is 2.04 bits per heavy atom. The van der Waals surface area contributed by atoms with Crippen LogP contribution in [-0.4, -0.2) is 11.8 Å². The molecule has 0 heterocycles. The highest BCUT2D eigenvalue weighted by Gasteiger charge is 2.30. The molecule has 0 spiro atoms. The molecule has 2 aromatic rings. The maximum atomic E-state index is 12.9. The van der Waals surface area contributed by atoms with Crippen LogP contribution in [0.2, 0.25) is 0 Å². The summed E-state index contributed by atoms with van der Waals surface area (Å²) in [6, 6.07) is 15.6. The van der Waals surface area contributed by atoms with Gasteiger partial charge in [0.1, 0.15) is 5.82 Å². The highest BCUT2D eigenvalue weighted by Crippen LogP contribution is 2.30. The van der Waals surface area contributed by atoms with Crippen LogP contribution in [0.1, 0.15) is 44.2 Å². The van der Waals surface area contributed by atoms with E-state index in [1.807, 2.05) is 37.3 Å². The van der Waals surface area contributed by atoms with Crippen LogP contribution < -0.4 is 10.6 Å².